The summed E-state index contributed by atoms with van der Waals surface area (Å²) in [4.78, 5) is 21.1. The number of quaternary nitrogens is 1. The van der Waals surface area contributed by atoms with Gasteiger partial charge >= 0.3 is 6.55 Å². The van der Waals surface area contributed by atoms with Gasteiger partial charge in [0.25, 0.3) is 12.3 Å². The van der Waals surface area contributed by atoms with Crippen LogP contribution in [-0.2, 0) is 0 Å². The van der Waals surface area contributed by atoms with E-state index in [1.165, 1.54) is 13.2 Å². The molecule has 196 valence electrons. The van der Waals surface area contributed by atoms with Gasteiger partial charge in [0, 0.05) is 29.5 Å². The third-order valence-corrected chi connectivity index (χ3v) is 6.00. The third kappa shape index (κ3) is 6.55. The Labute approximate surface area is 217 Å². The van der Waals surface area contributed by atoms with E-state index in [4.69, 9.17) is 10.1 Å². The summed E-state index contributed by atoms with van der Waals surface area (Å²) < 4.78 is 57.7. The van der Waals surface area contributed by atoms with Crippen molar-refractivity contribution in [2.75, 3.05) is 12.4 Å². The standard InChI is InChI=1S/C24H19F4N7O2S/c1-37-19-11-31-18(21(25)26)7-15(19)14-6-17(13(8-29)9-32-23(27)28)30-10-16(14)22(36)33-24-35-34-20(38-24)5-4-12-2-3-12/h6-12,21,23,29,32H,2-3H2,1H3,(H,33,35,36)/p+1/b13-9+,29-8?. The maximum atomic E-state index is 13.5. The van der Waals surface area contributed by atoms with E-state index in [1.54, 1.807) is 0 Å². The van der Waals surface area contributed by atoms with E-state index in [9.17, 15) is 22.4 Å². The van der Waals surface area contributed by atoms with Gasteiger partial charge in [0.2, 0.25) is 5.13 Å². The summed E-state index contributed by atoms with van der Waals surface area (Å²) in [6.07, 6.45) is 3.23. The first-order chi connectivity index (χ1) is 18.3. The first-order valence-electron chi connectivity index (χ1n) is 11.1. The van der Waals surface area contributed by atoms with Gasteiger partial charge < -0.3 is 10.1 Å². The van der Waals surface area contributed by atoms with E-state index in [-0.39, 0.29) is 38.8 Å². The molecule has 1 fully saturated rings. The molecule has 4 rings (SSSR count). The smallest absolute Gasteiger partial charge is 0.382 e. The number of amides is 1. The van der Waals surface area contributed by atoms with Crippen LogP contribution in [0.1, 0.15) is 46.0 Å². The molecule has 3 heterocycles. The fourth-order valence-electron chi connectivity index (χ4n) is 3.23. The first kappa shape index (κ1) is 26.8. The highest BCUT2D eigenvalue weighted by molar-refractivity contribution is 7.15. The molecule has 0 aliphatic heterocycles. The van der Waals surface area contributed by atoms with Gasteiger partial charge in [-0.05, 0) is 30.9 Å². The Morgan fingerprint density at radius 2 is 2.00 bits per heavy atom. The number of carbonyl (C=O) groups excluding carboxylic acids is 1. The Morgan fingerprint density at radius 1 is 1.21 bits per heavy atom. The van der Waals surface area contributed by atoms with Crippen LogP contribution in [0.4, 0.5) is 22.7 Å². The topological polar surface area (TPSA) is 130 Å². The van der Waals surface area contributed by atoms with Crippen LogP contribution in [0.5, 0.6) is 5.75 Å². The summed E-state index contributed by atoms with van der Waals surface area (Å²) in [5.74, 6) is 5.71. The molecule has 1 aliphatic rings. The SMILES string of the molecule is COc1cnc(C(F)F)cc1-c1cc(/C(C=N)=C/[NH2+]C(F)F)ncc1C(=O)Nc1nnc(C#CC2CC2)s1. The van der Waals surface area contributed by atoms with Crippen molar-refractivity contribution in [2.24, 2.45) is 5.92 Å². The van der Waals surface area contributed by atoms with Crippen LogP contribution in [0.2, 0.25) is 0 Å². The molecule has 0 saturated heterocycles. The van der Waals surface area contributed by atoms with Gasteiger partial charge in [0.05, 0.1) is 30.1 Å². The number of halogens is 4. The van der Waals surface area contributed by atoms with Crippen LogP contribution in [0.15, 0.2) is 30.7 Å². The second kappa shape index (κ2) is 11.9. The van der Waals surface area contributed by atoms with Crippen molar-refractivity contribution in [1.29, 1.82) is 5.41 Å². The van der Waals surface area contributed by atoms with Crippen LogP contribution in [0.25, 0.3) is 16.7 Å². The normalized spacial score (nSPS) is 13.3. The molecule has 3 aromatic heterocycles. The summed E-state index contributed by atoms with van der Waals surface area (Å²) in [6, 6.07) is 2.39. The quantitative estimate of drug-likeness (QED) is 0.162. The van der Waals surface area contributed by atoms with E-state index < -0.39 is 24.6 Å². The molecule has 3 aromatic rings. The number of nitrogens with one attached hydrogen (secondary N) is 2. The van der Waals surface area contributed by atoms with Crippen molar-refractivity contribution in [1.82, 2.24) is 20.2 Å². The Kier molecular flexibility index (Phi) is 8.39. The van der Waals surface area contributed by atoms with Crippen molar-refractivity contribution >= 4 is 34.2 Å². The van der Waals surface area contributed by atoms with Gasteiger partial charge in [-0.1, -0.05) is 17.3 Å². The third-order valence-electron chi connectivity index (χ3n) is 5.25. The average Bonchev–Trinajstić information content (AvgIpc) is 3.64. The lowest BCUT2D eigenvalue weighted by Gasteiger charge is -2.15. The monoisotopic (exact) mass is 546 g/mol. The molecule has 0 spiro atoms. The molecule has 14 heteroatoms. The van der Waals surface area contributed by atoms with Crippen LogP contribution < -0.4 is 15.4 Å². The van der Waals surface area contributed by atoms with Gasteiger partial charge in [0.15, 0.2) is 5.01 Å². The van der Waals surface area contributed by atoms with Crippen molar-refractivity contribution in [3.63, 3.8) is 0 Å². The second-order valence-corrected chi connectivity index (χ2v) is 8.91. The number of allylic oxidation sites excluding steroid dienone is 1. The van der Waals surface area contributed by atoms with Gasteiger partial charge in [-0.2, -0.15) is 8.78 Å². The zero-order valence-electron chi connectivity index (χ0n) is 19.7. The predicted octanol–water partition coefficient (Wildman–Crippen LogP) is 3.73. The number of nitrogens with zero attached hydrogens (tertiary/aromatic N) is 4. The van der Waals surface area contributed by atoms with Crippen molar-refractivity contribution < 1.29 is 32.4 Å². The van der Waals surface area contributed by atoms with Crippen molar-refractivity contribution in [3.8, 4) is 28.7 Å². The van der Waals surface area contributed by atoms with E-state index in [2.05, 4.69) is 37.3 Å². The van der Waals surface area contributed by atoms with Gasteiger partial charge in [0.1, 0.15) is 17.6 Å². The molecular weight excluding hydrogens is 526 g/mol. The minimum Gasteiger partial charge on any atom is -0.494 e. The minimum atomic E-state index is -2.91. The molecule has 1 saturated carbocycles. The number of ether oxygens (including phenoxy) is 1. The lowest BCUT2D eigenvalue weighted by molar-refractivity contribution is -0.680. The van der Waals surface area contributed by atoms with Gasteiger partial charge in [-0.15, -0.1) is 10.2 Å². The van der Waals surface area contributed by atoms with Crippen molar-refractivity contribution in [3.05, 3.63) is 52.7 Å². The number of hydrogen-bond acceptors (Lipinski definition) is 8. The molecule has 0 radical (unpaired) electrons. The number of methoxy groups -OCH3 is 1. The molecule has 0 atom stereocenters. The number of pyridine rings is 2. The largest absolute Gasteiger partial charge is 0.494 e. The minimum absolute atomic E-state index is 0.00335. The Hall–Kier alpha value is -4.22. The fraction of sp³-hybridized carbons (Fsp3) is 0.250. The van der Waals surface area contributed by atoms with E-state index in [1.807, 2.05) is 0 Å². The molecule has 38 heavy (non-hydrogen) atoms. The number of alkyl halides is 4. The van der Waals surface area contributed by atoms with Crippen LogP contribution >= 0.6 is 11.3 Å². The predicted molar refractivity (Wildman–Crippen MR) is 131 cm³/mol. The molecule has 4 N–H and O–H groups in total. The number of rotatable bonds is 9. The fourth-order valence-corrected chi connectivity index (χ4v) is 3.83. The maximum absolute atomic E-state index is 13.5. The molecule has 0 bridgehead atoms. The summed E-state index contributed by atoms with van der Waals surface area (Å²) in [6.45, 7) is -2.77. The molecule has 0 unspecified atom stereocenters. The summed E-state index contributed by atoms with van der Waals surface area (Å²) in [7, 11) is 1.30. The summed E-state index contributed by atoms with van der Waals surface area (Å²) in [5.41, 5.74) is -0.388. The van der Waals surface area contributed by atoms with Gasteiger partial charge in [-0.25, -0.2) is 8.78 Å². The lowest BCUT2D eigenvalue weighted by Crippen LogP contribution is -2.82. The van der Waals surface area contributed by atoms with E-state index in [0.717, 1.165) is 55.1 Å². The molecule has 1 aliphatic carbocycles. The van der Waals surface area contributed by atoms with Gasteiger partial charge in [-0.3, -0.25) is 25.4 Å². The van der Waals surface area contributed by atoms with Crippen LogP contribution in [-0.4, -0.2) is 45.9 Å². The van der Waals surface area contributed by atoms with Crippen molar-refractivity contribution in [2.45, 2.75) is 25.8 Å². The number of hydrogen-bond donors (Lipinski definition) is 3. The highest BCUT2D eigenvalue weighted by Gasteiger charge is 2.23. The molecule has 1 amide bonds. The number of nitrogens with two attached hydrogens (primary N) is 1. The highest BCUT2D eigenvalue weighted by atomic mass is 32.1. The number of carbonyl (C=O) groups is 1. The average molecular weight is 547 g/mol. The highest BCUT2D eigenvalue weighted by Crippen LogP contribution is 2.36. The number of anilines is 1. The zero-order valence-corrected chi connectivity index (χ0v) is 20.5. The second-order valence-electron chi connectivity index (χ2n) is 7.93. The van der Waals surface area contributed by atoms with Crippen LogP contribution in [0.3, 0.4) is 0 Å². The van der Waals surface area contributed by atoms with E-state index in [0.29, 0.717) is 16.2 Å². The molecule has 9 nitrogen and oxygen atoms in total. The Bertz CT molecular complexity index is 1450. The van der Waals surface area contributed by atoms with Crippen LogP contribution in [0, 0.1) is 23.2 Å². The van der Waals surface area contributed by atoms with E-state index >= 15 is 0 Å². The summed E-state index contributed by atoms with van der Waals surface area (Å²) in [5, 5.41) is 19.2. The lowest BCUT2D eigenvalue weighted by atomic mass is 9.98. The first-order valence-corrected chi connectivity index (χ1v) is 11.9. The Morgan fingerprint density at radius 3 is 2.66 bits per heavy atom. The maximum Gasteiger partial charge on any atom is 0.382 e. The Balaban J connectivity index is 1.76. The summed E-state index contributed by atoms with van der Waals surface area (Å²) >= 11 is 1.07. The zero-order chi connectivity index (χ0) is 27.2. The molecular formula is C24H20F4N7O2S+. The molecule has 0 aromatic carbocycles. The number of aromatic nitrogens is 4.